The van der Waals surface area contributed by atoms with Crippen LogP contribution in [0.5, 0.6) is 11.5 Å². The number of aliphatic hydroxyl groups is 1. The second-order valence-corrected chi connectivity index (χ2v) is 38.8. The number of primary sulfonamides is 1. The number of nitrogen functional groups attached to an aromatic ring is 1. The Morgan fingerprint density at radius 2 is 1.00 bits per heavy atom. The number of aryl methyl sites for hydroxylation is 2. The van der Waals surface area contributed by atoms with Gasteiger partial charge in [0.25, 0.3) is 32.8 Å². The van der Waals surface area contributed by atoms with Gasteiger partial charge in [0.1, 0.15) is 39.6 Å². The number of Topliss-reactive ketones (excluding diaryl/α,β-unsaturated/α-hetero) is 1. The number of carbonyl (C=O) groups excluding carboxylic acids is 9. The number of rotatable bonds is 38. The number of anilines is 2. The lowest BCUT2D eigenvalue weighted by molar-refractivity contribution is -0.149. The van der Waals surface area contributed by atoms with Gasteiger partial charge >= 0.3 is 35.8 Å². The highest BCUT2D eigenvalue weighted by Crippen LogP contribution is 2.36. The van der Waals surface area contributed by atoms with E-state index in [0.29, 0.717) is 88.0 Å². The zero-order valence-electron chi connectivity index (χ0n) is 80.8. The molecule has 1 aliphatic rings. The molecule has 0 saturated carbocycles. The Labute approximate surface area is 834 Å². The van der Waals surface area contributed by atoms with Crippen LogP contribution in [0.1, 0.15) is 198 Å². The second kappa shape index (κ2) is 66.7. The molecule has 10 heterocycles. The van der Waals surface area contributed by atoms with Gasteiger partial charge in [0.2, 0.25) is 15.3 Å². The summed E-state index contributed by atoms with van der Waals surface area (Å²) in [7, 11) is -7.81. The first-order chi connectivity index (χ1) is 65.9. The number of hydrazine groups is 1. The molecule has 0 fully saturated rings. The van der Waals surface area contributed by atoms with Crippen molar-refractivity contribution in [3.05, 3.63) is 171 Å². The van der Waals surface area contributed by atoms with E-state index in [9.17, 15) is 79.8 Å². The number of nitrogens with two attached hydrogens (primary N) is 3. The monoisotopic (exact) mass is 2090 g/mol. The standard InChI is InChI=1S/C19H19N5O4S2.C18H26N2O5S.C16H20N2O4S.C13H20N2O2S.C8H8O3S.C5H7ClO3.C5H7N3O2S.C5H14N2.C2H6O/c1-11(2)6-8-24-19(26)15(17(25)16(22-24)13-4-3-9-29-13)18-21-12-5-7-20-10-14(12)30(27,28)23-18;1-5-24-16(22)12-15(21)20(10-9-13(3)4)19-17(18(23)25-6-2)14-8-7-11-26-14;1-4-22-16(21)12-14(19)13(11-6-5-9-23-11)17-18(15(12)20)8-7-10(2)3;1-4-17-13(16)12(11-6-5-9-18-11)15-14-8-7-10(2)3;1-2-11-8(10)7(9)6-4-3-5-12-6;1-2-9-5(8)3-4(6)7;6-4-1-2-8-3-5(4)11(7,9)10;1-5(2)3-4-7-6;1-2-3/h3-5,7,9-11,25H,6,8H2,1-2H3,(H,21,23);7-8,11,13H,5-6,9-10,12H2,1-4H3;5-6,9-10,19H,4,7-8H2,1-3H3;5-6,9-10,14H,4,7-8H2,1-3H3;3-5H,2H2,1H3;2-3H2,1H3;1-3H,(H2,6,8)(H2,7,9,10);5,7H,3-4,6H2,1-2H3;3H,2H2,1H3/b;19-17-;;;;;;;. The summed E-state index contributed by atoms with van der Waals surface area (Å²) in [6.45, 7) is 37.0. The van der Waals surface area contributed by atoms with E-state index in [1.165, 1.54) is 102 Å². The number of sulfonamides is 2. The minimum Gasteiger partial charge on any atom is -0.505 e. The van der Waals surface area contributed by atoms with Crippen LogP contribution in [0, 0.1) is 29.6 Å². The molecule has 9 aromatic rings. The Hall–Kier alpha value is -11.8. The minimum atomic E-state index is -4.09. The molecule has 0 aromatic carbocycles. The summed E-state index contributed by atoms with van der Waals surface area (Å²) >= 11 is 11.6. The van der Waals surface area contributed by atoms with Gasteiger partial charge < -0.3 is 60.2 Å². The first-order valence-corrected chi connectivity index (χ1v) is 51.8. The number of halogens is 1. The van der Waals surface area contributed by atoms with Crippen LogP contribution < -0.4 is 44.0 Å². The highest BCUT2D eigenvalue weighted by atomic mass is 35.5. The predicted molar refractivity (Wildman–Crippen MR) is 540 cm³/mol. The number of fused-ring (bicyclic) bond motifs is 1. The number of aromatic hydroxyl groups is 2. The number of esters is 6. The van der Waals surface area contributed by atoms with Gasteiger partial charge in [-0.25, -0.2) is 47.1 Å². The number of ketones is 1. The number of pyridine rings is 2. The third kappa shape index (κ3) is 45.8. The number of nitrogens with one attached hydrogen (secondary N) is 3. The Kier molecular flexibility index (Phi) is 59.2. The van der Waals surface area contributed by atoms with Gasteiger partial charge in [0.05, 0.1) is 75.4 Å². The van der Waals surface area contributed by atoms with E-state index in [1.54, 1.807) is 96.3 Å². The van der Waals surface area contributed by atoms with E-state index in [-0.39, 0.29) is 107 Å². The van der Waals surface area contributed by atoms with Crippen LogP contribution in [0.25, 0.3) is 21.1 Å². The average molecular weight is 2090 g/mol. The first kappa shape index (κ1) is 123. The van der Waals surface area contributed by atoms with Crippen LogP contribution in [0.15, 0.2) is 158 Å². The molecule has 10 rings (SSSR count). The summed E-state index contributed by atoms with van der Waals surface area (Å²) in [5, 5.41) is 63.1. The van der Waals surface area contributed by atoms with Crippen LogP contribution in [-0.2, 0) is 95.1 Å². The van der Waals surface area contributed by atoms with Crippen LogP contribution >= 0.6 is 68.3 Å². The number of hydrogen-bond acceptors (Lipinski definition) is 40. The van der Waals surface area contributed by atoms with Gasteiger partial charge in [-0.2, -0.15) is 28.8 Å². The Morgan fingerprint density at radius 3 is 1.44 bits per heavy atom. The van der Waals surface area contributed by atoms with Crippen molar-refractivity contribution < 1.29 is 104 Å². The van der Waals surface area contributed by atoms with Crippen molar-refractivity contribution in [2.75, 3.05) is 76.9 Å². The van der Waals surface area contributed by atoms with Gasteiger partial charge in [-0.05, 0) is 191 Å². The van der Waals surface area contributed by atoms with Crippen molar-refractivity contribution in [2.24, 2.45) is 55.2 Å². The molecule has 0 atom stereocenters. The molecule has 9 aromatic heterocycles. The van der Waals surface area contributed by atoms with Crippen molar-refractivity contribution in [3.8, 4) is 32.6 Å². The first-order valence-electron chi connectivity index (χ1n) is 44.0. The van der Waals surface area contributed by atoms with Crippen molar-refractivity contribution in [3.63, 3.8) is 0 Å². The highest BCUT2D eigenvalue weighted by Gasteiger charge is 2.33. The van der Waals surface area contributed by atoms with E-state index in [1.807, 2.05) is 81.3 Å². The molecule has 12 N–H and O–H groups in total. The Bertz CT molecular complexity index is 5740. The van der Waals surface area contributed by atoms with E-state index in [4.69, 9.17) is 52.4 Å². The number of carbonyl (C=O) groups is 9. The number of thiophene rings is 5. The Balaban J connectivity index is 0.000000556. The zero-order valence-corrected chi connectivity index (χ0v) is 87.3. The molecule has 139 heavy (non-hydrogen) atoms. The van der Waals surface area contributed by atoms with E-state index in [2.05, 4.69) is 88.1 Å². The fraction of sp³-hybridized carbons (Fsp3) is 0.451. The van der Waals surface area contributed by atoms with Crippen LogP contribution in [0.4, 0.5) is 11.4 Å². The molecule has 1 aliphatic heterocycles. The summed E-state index contributed by atoms with van der Waals surface area (Å²) < 4.78 is 81.7. The van der Waals surface area contributed by atoms with Gasteiger partial charge in [-0.1, -0.05) is 99.6 Å². The van der Waals surface area contributed by atoms with Crippen LogP contribution in [-0.4, -0.2) is 203 Å². The third-order valence-corrected chi connectivity index (χ3v) is 23.9. The normalized spacial score (nSPS) is 11.6. The topological polar surface area (TPSA) is 588 Å². The quantitative estimate of drug-likeness (QED) is 0.00166. The molecule has 0 unspecified atom stereocenters. The third-order valence-electron chi connectivity index (χ3n) is 17.1. The second-order valence-electron chi connectivity index (χ2n) is 30.5. The fourth-order valence-electron chi connectivity index (χ4n) is 10.4. The van der Waals surface area contributed by atoms with Crippen molar-refractivity contribution in [2.45, 2.75) is 186 Å². The molecule has 0 radical (unpaired) electrons. The van der Waals surface area contributed by atoms with Gasteiger partial charge in [-0.3, -0.25) is 54.8 Å². The SMILES string of the molecule is CC(C)CCNN.CC(C)CCn1nc(-c2cccs2)c(O)c(C2=NS(=O)(=O)c3cnccc3N2)c1=O.CCO.CCOC(=O)C(=NNCCC(C)C)c1cccs1.CCOC(=O)C(=O)c1cccs1.CCOC(=O)CC(=O)Cl.CCOC(=O)CC(=O)N(CCC(C)C)/N=C(\C(=O)OCC)c1cccs1.CCOC(=O)c1c(O)c(-c2cccs2)nn(CCC(C)C)c1=O.Nc1ccncc1S(N)(=O)=O. The highest BCUT2D eigenvalue weighted by molar-refractivity contribution is 7.90. The lowest BCUT2D eigenvalue weighted by Crippen LogP contribution is -2.34. The number of aliphatic hydroxyl groups excluding tert-OH is 1. The smallest absolute Gasteiger partial charge is 0.380 e. The molecule has 0 saturated heterocycles. The van der Waals surface area contributed by atoms with Crippen molar-refractivity contribution >= 4 is 170 Å². The van der Waals surface area contributed by atoms with Gasteiger partial charge in [-0.15, -0.1) is 61.1 Å². The molecule has 0 bridgehead atoms. The maximum absolute atomic E-state index is 13.2. The number of nitrogens with zero attached hydrogens (tertiary/aromatic N) is 10. The molecule has 1 amide bonds. The number of hydrogen-bond donors (Lipinski definition) is 9. The molecule has 0 aliphatic carbocycles. The minimum absolute atomic E-state index is 0.0582. The molecule has 764 valence electrons. The molecule has 48 heteroatoms. The zero-order chi connectivity index (χ0) is 104. The largest absolute Gasteiger partial charge is 0.505 e. The number of aromatic nitrogens is 6. The van der Waals surface area contributed by atoms with E-state index in [0.717, 1.165) is 49.3 Å². The van der Waals surface area contributed by atoms with Crippen LogP contribution in [0.2, 0.25) is 0 Å². The molecular formula is C91H127ClN16O24S7. The maximum Gasteiger partial charge on any atom is 0.380 e. The summed E-state index contributed by atoms with van der Waals surface area (Å²) in [5.41, 5.74) is 10.2. The number of hydrazone groups is 2. The molecule has 0 spiro atoms. The summed E-state index contributed by atoms with van der Waals surface area (Å²) in [4.78, 5) is 139. The lowest BCUT2D eigenvalue weighted by atomic mass is 10.1. The van der Waals surface area contributed by atoms with Gasteiger partial charge in [0, 0.05) is 64.1 Å². The fourth-order valence-corrected chi connectivity index (χ4v) is 15.6. The summed E-state index contributed by atoms with van der Waals surface area (Å²) in [6.07, 6.45) is 8.65. The van der Waals surface area contributed by atoms with Crippen molar-refractivity contribution in [1.82, 2.24) is 45.4 Å². The van der Waals surface area contributed by atoms with E-state index < -0.39 is 95.9 Å². The van der Waals surface area contributed by atoms with Crippen LogP contribution in [0.3, 0.4) is 0 Å². The number of amidine groups is 1. The average Bonchev–Trinajstić information content (AvgIpc) is 1.72. The Morgan fingerprint density at radius 1 is 0.561 bits per heavy atom. The van der Waals surface area contributed by atoms with Gasteiger partial charge in [0.15, 0.2) is 34.3 Å². The number of amides is 1. The maximum atomic E-state index is 13.2. The predicted octanol–water partition coefficient (Wildman–Crippen LogP) is 13.1. The molecule has 40 nitrogen and oxygen atoms in total. The van der Waals surface area contributed by atoms with E-state index >= 15 is 0 Å². The van der Waals surface area contributed by atoms with Crippen molar-refractivity contribution in [1.29, 1.82) is 0 Å². The lowest BCUT2D eigenvalue weighted by Gasteiger charge is -2.19. The summed E-state index contributed by atoms with van der Waals surface area (Å²) in [5.74, 6) is 1.52. The number of ether oxygens (including phenoxy) is 6. The molecular weight excluding hydrogens is 1960 g/mol. The summed E-state index contributed by atoms with van der Waals surface area (Å²) in [6, 6.07) is 20.6.